The molecule has 1 aliphatic heterocycles. The van der Waals surface area contributed by atoms with Crippen LogP contribution in [0.4, 0.5) is 15.8 Å². The number of pyridine rings is 1. The molecule has 1 fully saturated rings. The predicted molar refractivity (Wildman–Crippen MR) is 170 cm³/mol. The molecule has 0 spiro atoms. The summed E-state index contributed by atoms with van der Waals surface area (Å²) < 4.78 is 17.0. The molecule has 2 heterocycles. The molecule has 5 rings (SSSR count). The van der Waals surface area contributed by atoms with Crippen LogP contribution in [0.15, 0.2) is 70.6 Å². The van der Waals surface area contributed by atoms with Crippen molar-refractivity contribution in [1.82, 2.24) is 4.57 Å². The highest BCUT2D eigenvalue weighted by Crippen LogP contribution is 2.46. The number of aliphatic imine (C=N–C) groups is 1. The Morgan fingerprint density at radius 2 is 2.00 bits per heavy atom. The van der Waals surface area contributed by atoms with Gasteiger partial charge in [0.1, 0.15) is 5.02 Å². The second-order valence-corrected chi connectivity index (χ2v) is 11.9. The predicted octanol–water partition coefficient (Wildman–Crippen LogP) is 7.02. The van der Waals surface area contributed by atoms with Crippen molar-refractivity contribution in [1.29, 1.82) is 0 Å². The van der Waals surface area contributed by atoms with Crippen LogP contribution in [0.2, 0.25) is 5.02 Å². The third-order valence-electron chi connectivity index (χ3n) is 8.09. The van der Waals surface area contributed by atoms with Crippen LogP contribution < -0.4 is 16.2 Å². The van der Waals surface area contributed by atoms with E-state index in [-0.39, 0.29) is 39.7 Å². The Balaban J connectivity index is 1.41. The maximum absolute atomic E-state index is 15.6. The van der Waals surface area contributed by atoms with Gasteiger partial charge < -0.3 is 10.6 Å². The van der Waals surface area contributed by atoms with Gasteiger partial charge in [0.05, 0.1) is 17.8 Å². The number of rotatable bonds is 9. The zero-order chi connectivity index (χ0) is 30.9. The summed E-state index contributed by atoms with van der Waals surface area (Å²) in [5.41, 5.74) is 3.89. The SMILES string of the molecule is C/C=C/N=C(/C=C/n1c(C)cc(C(C)Cc2ccc3c(c2)NC(=O)C3)c(Cl)c1=O)c1cccc(NC(=O)C2(C)CC2)c1F. The molecule has 2 N–H and O–H groups in total. The van der Waals surface area contributed by atoms with Crippen LogP contribution in [0.1, 0.15) is 67.5 Å². The van der Waals surface area contributed by atoms with Crippen molar-refractivity contribution in [3.63, 3.8) is 0 Å². The lowest BCUT2D eigenvalue weighted by Gasteiger charge is -2.17. The zero-order valence-electron chi connectivity index (χ0n) is 24.6. The van der Waals surface area contributed by atoms with E-state index in [9.17, 15) is 14.4 Å². The Bertz CT molecular complexity index is 1770. The standard InChI is InChI=1S/C34H34ClFN4O3/c1-5-14-37-26(24-7-6-8-27(31(24)36)39-33(43)34(4)12-13-34)11-15-40-21(3)17-25(30(35)32(40)42)20(2)16-22-9-10-23-19-29(41)38-28(23)18-22/h5-11,14-15,17-18,20H,12-13,16,19H2,1-4H3,(H,38,41)(H,39,43)/b14-5+,15-11+,37-26-. The number of nitrogens with zero attached hydrogens (tertiary/aromatic N) is 2. The van der Waals surface area contributed by atoms with Crippen molar-refractivity contribution in [2.24, 2.45) is 10.4 Å². The Morgan fingerprint density at radius 3 is 2.72 bits per heavy atom. The molecule has 1 aromatic heterocycles. The van der Waals surface area contributed by atoms with E-state index < -0.39 is 16.8 Å². The summed E-state index contributed by atoms with van der Waals surface area (Å²) in [5, 5.41) is 5.69. The molecular formula is C34H34ClFN4O3. The zero-order valence-corrected chi connectivity index (χ0v) is 25.4. The first-order valence-electron chi connectivity index (χ1n) is 14.3. The molecule has 7 nitrogen and oxygen atoms in total. The van der Waals surface area contributed by atoms with Crippen LogP contribution in [-0.4, -0.2) is 22.1 Å². The van der Waals surface area contributed by atoms with Crippen LogP contribution in [0.25, 0.3) is 6.20 Å². The smallest absolute Gasteiger partial charge is 0.273 e. The minimum absolute atomic E-state index is 0.0142. The Morgan fingerprint density at radius 1 is 1.23 bits per heavy atom. The number of carbonyl (C=O) groups excluding carboxylic acids is 2. The quantitative estimate of drug-likeness (QED) is 0.258. The largest absolute Gasteiger partial charge is 0.326 e. The number of aromatic nitrogens is 1. The summed E-state index contributed by atoms with van der Waals surface area (Å²) in [6, 6.07) is 12.6. The van der Waals surface area contributed by atoms with Gasteiger partial charge in [-0.15, -0.1) is 0 Å². The number of anilines is 2. The highest BCUT2D eigenvalue weighted by molar-refractivity contribution is 6.31. The number of hydrogen-bond acceptors (Lipinski definition) is 4. The van der Waals surface area contributed by atoms with E-state index in [1.165, 1.54) is 23.0 Å². The number of halogens is 2. The minimum atomic E-state index is -0.606. The number of amides is 2. The van der Waals surface area contributed by atoms with E-state index in [0.29, 0.717) is 18.5 Å². The second kappa shape index (κ2) is 12.1. The molecule has 2 aromatic carbocycles. The lowest BCUT2D eigenvalue weighted by atomic mass is 9.93. The third kappa shape index (κ3) is 6.39. The molecule has 1 atom stereocenters. The molecule has 9 heteroatoms. The Labute approximate surface area is 255 Å². The van der Waals surface area contributed by atoms with E-state index in [0.717, 1.165) is 35.2 Å². The van der Waals surface area contributed by atoms with E-state index in [1.54, 1.807) is 38.1 Å². The Hall–Kier alpha value is -4.30. The van der Waals surface area contributed by atoms with Crippen molar-refractivity contribution in [3.05, 3.63) is 110 Å². The van der Waals surface area contributed by atoms with Gasteiger partial charge in [0.15, 0.2) is 5.82 Å². The molecule has 1 saturated carbocycles. The lowest BCUT2D eigenvalue weighted by Crippen LogP contribution is -2.22. The van der Waals surface area contributed by atoms with Gasteiger partial charge in [-0.05, 0) is 86.1 Å². The van der Waals surface area contributed by atoms with Gasteiger partial charge in [0, 0.05) is 34.8 Å². The van der Waals surface area contributed by atoms with E-state index >= 15 is 4.39 Å². The first kappa shape index (κ1) is 30.2. The van der Waals surface area contributed by atoms with E-state index in [4.69, 9.17) is 11.6 Å². The van der Waals surface area contributed by atoms with Crippen LogP contribution in [0, 0.1) is 18.2 Å². The fraction of sp³-hybridized carbons (Fsp3) is 0.294. The number of allylic oxidation sites excluding steroid dienone is 2. The summed E-state index contributed by atoms with van der Waals surface area (Å²) in [5.74, 6) is -0.894. The number of carbonyl (C=O) groups is 2. The average molecular weight is 601 g/mol. The van der Waals surface area contributed by atoms with Gasteiger partial charge in [-0.3, -0.25) is 23.9 Å². The number of nitrogens with one attached hydrogen (secondary N) is 2. The molecule has 1 unspecified atom stereocenters. The van der Waals surface area contributed by atoms with Crippen LogP contribution in [-0.2, 0) is 22.4 Å². The van der Waals surface area contributed by atoms with Crippen LogP contribution in [0.5, 0.6) is 0 Å². The first-order chi connectivity index (χ1) is 20.5. The molecule has 222 valence electrons. The number of aryl methyl sites for hydroxylation is 1. The monoisotopic (exact) mass is 600 g/mol. The summed E-state index contributed by atoms with van der Waals surface area (Å²) in [7, 11) is 0. The van der Waals surface area contributed by atoms with E-state index in [2.05, 4.69) is 15.6 Å². The average Bonchev–Trinajstić information content (AvgIpc) is 3.62. The molecule has 1 aliphatic carbocycles. The summed E-state index contributed by atoms with van der Waals surface area (Å²) in [6.45, 7) is 7.46. The number of fused-ring (bicyclic) bond motifs is 1. The van der Waals surface area contributed by atoms with Gasteiger partial charge >= 0.3 is 0 Å². The van der Waals surface area contributed by atoms with E-state index in [1.807, 2.05) is 38.1 Å². The highest BCUT2D eigenvalue weighted by Gasteiger charge is 2.45. The molecule has 0 bridgehead atoms. The normalized spacial score (nSPS) is 16.4. The lowest BCUT2D eigenvalue weighted by molar-refractivity contribution is -0.120. The van der Waals surface area contributed by atoms with Gasteiger partial charge in [-0.2, -0.15) is 0 Å². The molecule has 43 heavy (non-hydrogen) atoms. The highest BCUT2D eigenvalue weighted by atomic mass is 35.5. The maximum atomic E-state index is 15.6. The Kier molecular flexibility index (Phi) is 8.51. The van der Waals surface area contributed by atoms with Crippen molar-refractivity contribution in [2.45, 2.75) is 59.3 Å². The van der Waals surface area contributed by atoms with Crippen molar-refractivity contribution in [2.75, 3.05) is 10.6 Å². The van der Waals surface area contributed by atoms with Crippen molar-refractivity contribution < 1.29 is 14.0 Å². The van der Waals surface area contributed by atoms with Crippen molar-refractivity contribution >= 4 is 46.7 Å². The fourth-order valence-corrected chi connectivity index (χ4v) is 5.49. The van der Waals surface area contributed by atoms with Gasteiger partial charge in [0.25, 0.3) is 5.56 Å². The number of benzene rings is 2. The molecule has 2 aliphatic rings. The van der Waals surface area contributed by atoms with Gasteiger partial charge in [0.2, 0.25) is 11.8 Å². The van der Waals surface area contributed by atoms with Crippen LogP contribution in [0.3, 0.4) is 0 Å². The summed E-state index contributed by atoms with van der Waals surface area (Å²) >= 11 is 6.63. The molecular weight excluding hydrogens is 567 g/mol. The number of hydrogen-bond donors (Lipinski definition) is 2. The van der Waals surface area contributed by atoms with Crippen molar-refractivity contribution in [3.8, 4) is 0 Å². The molecule has 0 radical (unpaired) electrons. The molecule has 3 aromatic rings. The summed E-state index contributed by atoms with van der Waals surface area (Å²) in [6.07, 6.45) is 8.90. The minimum Gasteiger partial charge on any atom is -0.326 e. The molecule has 2 amide bonds. The van der Waals surface area contributed by atoms with Gasteiger partial charge in [-0.1, -0.05) is 49.7 Å². The van der Waals surface area contributed by atoms with Gasteiger partial charge in [-0.25, -0.2) is 4.39 Å². The van der Waals surface area contributed by atoms with Crippen LogP contribution >= 0.6 is 11.6 Å². The first-order valence-corrected chi connectivity index (χ1v) is 14.7. The second-order valence-electron chi connectivity index (χ2n) is 11.5. The topological polar surface area (TPSA) is 92.6 Å². The third-order valence-corrected chi connectivity index (χ3v) is 8.47. The summed E-state index contributed by atoms with van der Waals surface area (Å²) in [4.78, 5) is 42.1. The fourth-order valence-electron chi connectivity index (χ4n) is 5.16. The molecule has 0 saturated heterocycles. The maximum Gasteiger partial charge on any atom is 0.273 e.